The Morgan fingerprint density at radius 2 is 1.69 bits per heavy atom. The number of hydrogen-bond donors (Lipinski definition) is 2. The Labute approximate surface area is 210 Å². The molecule has 1 heterocycles. The first kappa shape index (κ1) is 23.1. The number of nitrogens with two attached hydrogens (primary N) is 1. The molecule has 1 aromatic heterocycles. The molecule has 0 bridgehead atoms. The molecule has 36 heavy (non-hydrogen) atoms. The van der Waals surface area contributed by atoms with E-state index in [1.54, 1.807) is 18.2 Å². The van der Waals surface area contributed by atoms with Gasteiger partial charge < -0.3 is 15.6 Å². The van der Waals surface area contributed by atoms with Gasteiger partial charge in [-0.1, -0.05) is 72.3 Å². The molecule has 0 aliphatic heterocycles. The Morgan fingerprint density at radius 3 is 2.50 bits per heavy atom. The molecule has 0 fully saturated rings. The van der Waals surface area contributed by atoms with Crippen LogP contribution in [0.25, 0.3) is 28.5 Å². The lowest BCUT2D eigenvalue weighted by molar-refractivity contribution is -0.111. The predicted molar refractivity (Wildman–Crippen MR) is 149 cm³/mol. The predicted octanol–water partition coefficient (Wildman–Crippen LogP) is 6.86. The zero-order valence-electron chi connectivity index (χ0n) is 20.3. The molecule has 0 aliphatic rings. The van der Waals surface area contributed by atoms with E-state index < -0.39 is 0 Å². The van der Waals surface area contributed by atoms with Gasteiger partial charge in [-0.05, 0) is 61.4 Å². The van der Waals surface area contributed by atoms with E-state index in [2.05, 4.69) is 66.2 Å². The molecule has 0 saturated heterocycles. The normalized spacial score (nSPS) is 12.2. The summed E-state index contributed by atoms with van der Waals surface area (Å²) >= 11 is 0. The van der Waals surface area contributed by atoms with Gasteiger partial charge in [0.15, 0.2) is 0 Å². The Bertz CT molecular complexity index is 1560. The Kier molecular flexibility index (Phi) is 6.37. The number of carbonyl (C=O) groups excluding carboxylic acids is 1. The van der Waals surface area contributed by atoms with Gasteiger partial charge in [0.05, 0.1) is 28.5 Å². The number of carbonyl (C=O) groups is 1. The number of anilines is 2. The van der Waals surface area contributed by atoms with E-state index in [0.29, 0.717) is 11.4 Å². The van der Waals surface area contributed by atoms with E-state index in [-0.39, 0.29) is 11.9 Å². The minimum Gasteiger partial charge on any atom is -0.397 e. The Hall–Kier alpha value is -4.64. The van der Waals surface area contributed by atoms with Crippen LogP contribution in [0.1, 0.15) is 29.7 Å². The van der Waals surface area contributed by atoms with Crippen molar-refractivity contribution in [3.63, 3.8) is 0 Å². The zero-order valence-corrected chi connectivity index (χ0v) is 20.3. The van der Waals surface area contributed by atoms with Crippen LogP contribution >= 0.6 is 0 Å². The van der Waals surface area contributed by atoms with Crippen molar-refractivity contribution < 1.29 is 4.79 Å². The lowest BCUT2D eigenvalue weighted by Gasteiger charge is -2.19. The molecule has 178 valence electrons. The summed E-state index contributed by atoms with van der Waals surface area (Å²) < 4.78 is 2.29. The van der Waals surface area contributed by atoms with E-state index in [0.717, 1.165) is 28.0 Å². The summed E-state index contributed by atoms with van der Waals surface area (Å²) in [5.74, 6) is 0.652. The van der Waals surface area contributed by atoms with E-state index >= 15 is 0 Å². The summed E-state index contributed by atoms with van der Waals surface area (Å²) in [4.78, 5) is 17.5. The highest BCUT2D eigenvalue weighted by Crippen LogP contribution is 2.32. The van der Waals surface area contributed by atoms with Crippen molar-refractivity contribution >= 4 is 34.4 Å². The summed E-state index contributed by atoms with van der Waals surface area (Å²) in [5, 5.41) is 2.82. The van der Waals surface area contributed by atoms with Gasteiger partial charge in [0.2, 0.25) is 5.91 Å². The van der Waals surface area contributed by atoms with Crippen LogP contribution < -0.4 is 11.1 Å². The van der Waals surface area contributed by atoms with Crippen molar-refractivity contribution in [2.75, 3.05) is 11.1 Å². The summed E-state index contributed by atoms with van der Waals surface area (Å²) in [6, 6.07) is 32.2. The summed E-state index contributed by atoms with van der Waals surface area (Å²) in [5.41, 5.74) is 13.4. The van der Waals surface area contributed by atoms with Crippen molar-refractivity contribution in [2.45, 2.75) is 19.9 Å². The molecule has 0 saturated carbocycles. The standard InChI is InChI=1S/C31H28N4O/c1-21-14-17-24(18-15-21)22(2)35-29-13-6-5-12-28(29)34-31(35)25-9-7-8-23(20-25)16-19-30(36)33-27-11-4-3-10-26(27)32/h3-20,22H,32H2,1-2H3,(H,33,36)/b19-16+. The third-order valence-electron chi connectivity index (χ3n) is 6.33. The second-order valence-electron chi connectivity index (χ2n) is 8.92. The maximum Gasteiger partial charge on any atom is 0.248 e. The van der Waals surface area contributed by atoms with E-state index in [1.807, 2.05) is 42.5 Å². The number of para-hydroxylation sites is 4. The summed E-state index contributed by atoms with van der Waals surface area (Å²) in [6.45, 7) is 4.30. The molecule has 5 heteroatoms. The number of amides is 1. The number of nitrogens with zero attached hydrogens (tertiary/aromatic N) is 2. The number of benzene rings is 4. The monoisotopic (exact) mass is 472 g/mol. The Balaban J connectivity index is 1.48. The maximum atomic E-state index is 12.5. The highest BCUT2D eigenvalue weighted by molar-refractivity contribution is 6.03. The SMILES string of the molecule is Cc1ccc(C(C)n2c(-c3cccc(/C=C/C(=O)Nc4ccccc4N)c3)nc3ccccc32)cc1. The van der Waals surface area contributed by atoms with Crippen molar-refractivity contribution in [1.29, 1.82) is 0 Å². The summed E-state index contributed by atoms with van der Waals surface area (Å²) in [6.07, 6.45) is 3.32. The highest BCUT2D eigenvalue weighted by atomic mass is 16.1. The lowest BCUT2D eigenvalue weighted by Crippen LogP contribution is -2.09. The van der Waals surface area contributed by atoms with Crippen LogP contribution in [0.3, 0.4) is 0 Å². The smallest absolute Gasteiger partial charge is 0.248 e. The minimum absolute atomic E-state index is 0.0920. The van der Waals surface area contributed by atoms with Gasteiger partial charge in [0, 0.05) is 11.6 Å². The van der Waals surface area contributed by atoms with E-state index in [4.69, 9.17) is 10.7 Å². The topological polar surface area (TPSA) is 72.9 Å². The van der Waals surface area contributed by atoms with Gasteiger partial charge >= 0.3 is 0 Å². The fourth-order valence-electron chi connectivity index (χ4n) is 4.37. The van der Waals surface area contributed by atoms with Crippen LogP contribution in [-0.2, 0) is 4.79 Å². The van der Waals surface area contributed by atoms with Crippen molar-refractivity contribution in [2.24, 2.45) is 0 Å². The van der Waals surface area contributed by atoms with E-state index in [1.165, 1.54) is 17.2 Å². The first-order valence-corrected chi connectivity index (χ1v) is 12.0. The van der Waals surface area contributed by atoms with Crippen molar-refractivity contribution in [3.8, 4) is 11.4 Å². The third kappa shape index (κ3) is 4.77. The molecule has 1 atom stereocenters. The molecular weight excluding hydrogens is 444 g/mol. The molecule has 5 rings (SSSR count). The molecule has 3 N–H and O–H groups in total. The zero-order chi connectivity index (χ0) is 25.1. The quantitative estimate of drug-likeness (QED) is 0.210. The fraction of sp³-hybridized carbons (Fsp3) is 0.0968. The van der Waals surface area contributed by atoms with Gasteiger partial charge in [-0.3, -0.25) is 4.79 Å². The van der Waals surface area contributed by atoms with Gasteiger partial charge in [0.1, 0.15) is 5.82 Å². The molecule has 5 aromatic rings. The average Bonchev–Trinajstić information content (AvgIpc) is 3.29. The fourth-order valence-corrected chi connectivity index (χ4v) is 4.37. The summed E-state index contributed by atoms with van der Waals surface area (Å²) in [7, 11) is 0. The number of nitrogens with one attached hydrogen (secondary N) is 1. The van der Waals surface area contributed by atoms with Crippen LogP contribution in [0.2, 0.25) is 0 Å². The molecule has 1 amide bonds. The average molecular weight is 473 g/mol. The van der Waals surface area contributed by atoms with Crippen molar-refractivity contribution in [3.05, 3.63) is 120 Å². The first-order valence-electron chi connectivity index (χ1n) is 12.0. The first-order chi connectivity index (χ1) is 17.5. The third-order valence-corrected chi connectivity index (χ3v) is 6.33. The van der Waals surface area contributed by atoms with Gasteiger partial charge in [-0.15, -0.1) is 0 Å². The van der Waals surface area contributed by atoms with Gasteiger partial charge in [0.25, 0.3) is 0 Å². The number of imidazole rings is 1. The van der Waals surface area contributed by atoms with Gasteiger partial charge in [-0.25, -0.2) is 4.98 Å². The molecule has 4 aromatic carbocycles. The van der Waals surface area contributed by atoms with Crippen LogP contribution in [0.4, 0.5) is 11.4 Å². The van der Waals surface area contributed by atoms with E-state index in [9.17, 15) is 4.79 Å². The second kappa shape index (κ2) is 9.92. The van der Waals surface area contributed by atoms with Crippen molar-refractivity contribution in [1.82, 2.24) is 9.55 Å². The largest absolute Gasteiger partial charge is 0.397 e. The number of aromatic nitrogens is 2. The van der Waals surface area contributed by atoms with Crippen LogP contribution in [-0.4, -0.2) is 15.5 Å². The Morgan fingerprint density at radius 1 is 0.944 bits per heavy atom. The van der Waals surface area contributed by atoms with Crippen LogP contribution in [0, 0.1) is 6.92 Å². The number of hydrogen-bond acceptors (Lipinski definition) is 3. The number of rotatable bonds is 6. The number of nitrogen functional groups attached to an aromatic ring is 1. The second-order valence-corrected chi connectivity index (χ2v) is 8.92. The van der Waals surface area contributed by atoms with Gasteiger partial charge in [-0.2, -0.15) is 0 Å². The molecule has 0 aliphatic carbocycles. The number of fused-ring (bicyclic) bond motifs is 1. The van der Waals surface area contributed by atoms with Crippen LogP contribution in [0.15, 0.2) is 103 Å². The molecular formula is C31H28N4O. The minimum atomic E-state index is -0.237. The molecule has 5 nitrogen and oxygen atoms in total. The lowest BCUT2D eigenvalue weighted by atomic mass is 10.0. The number of aryl methyl sites for hydroxylation is 1. The molecule has 1 unspecified atom stereocenters. The maximum absolute atomic E-state index is 12.5. The molecule has 0 spiro atoms. The molecule has 0 radical (unpaired) electrons. The highest BCUT2D eigenvalue weighted by Gasteiger charge is 2.18. The van der Waals surface area contributed by atoms with Crippen LogP contribution in [0.5, 0.6) is 0 Å².